The Kier molecular flexibility index (Phi) is 7.09. The minimum atomic E-state index is -3.87. The molecule has 0 saturated carbocycles. The first-order chi connectivity index (χ1) is 15.1. The summed E-state index contributed by atoms with van der Waals surface area (Å²) < 4.78 is 62.4. The molecule has 11 heteroatoms. The Morgan fingerprint density at radius 2 is 1.69 bits per heavy atom. The number of amides is 1. The number of ketones is 1. The normalized spacial score (nSPS) is 15.0. The summed E-state index contributed by atoms with van der Waals surface area (Å²) in [4.78, 5) is 25.9. The van der Waals surface area contributed by atoms with E-state index >= 15 is 0 Å². The number of carbonyl (C=O) groups excluding carboxylic acids is 2. The fraction of sp³-hybridized carbons (Fsp3) is 0.333. The standard InChI is InChI=1S/C21H22F2N2O6S/c1-14(26)15-5-3-6-16(13-15)32(28,29)25-11-9-24(10-12-25)20(27)17-7-4-8-18(30-2)19(17)31-21(22)23/h3-8,13,21H,9-12H2,1-2H3. The largest absolute Gasteiger partial charge is 0.493 e. The highest BCUT2D eigenvalue weighted by molar-refractivity contribution is 7.89. The number of methoxy groups -OCH3 is 1. The highest BCUT2D eigenvalue weighted by atomic mass is 32.2. The molecule has 0 atom stereocenters. The monoisotopic (exact) mass is 468 g/mol. The molecule has 172 valence electrons. The van der Waals surface area contributed by atoms with Gasteiger partial charge in [-0.25, -0.2) is 8.42 Å². The SMILES string of the molecule is COc1cccc(C(=O)N2CCN(S(=O)(=O)c3cccc(C(C)=O)c3)CC2)c1OC(F)F. The maximum absolute atomic E-state index is 13.0. The van der Waals surface area contributed by atoms with E-state index in [1.165, 1.54) is 65.7 Å². The number of carbonyl (C=O) groups is 2. The van der Waals surface area contributed by atoms with Crippen LogP contribution in [-0.2, 0) is 10.0 Å². The predicted octanol–water partition coefficient (Wildman–Crippen LogP) is 2.65. The second-order valence-electron chi connectivity index (χ2n) is 7.00. The fourth-order valence-corrected chi connectivity index (χ4v) is 4.85. The van der Waals surface area contributed by atoms with Gasteiger partial charge in [-0.3, -0.25) is 9.59 Å². The number of ether oxygens (including phenoxy) is 2. The Balaban J connectivity index is 1.77. The van der Waals surface area contributed by atoms with Crippen LogP contribution in [0.5, 0.6) is 11.5 Å². The lowest BCUT2D eigenvalue weighted by Crippen LogP contribution is -2.50. The van der Waals surface area contributed by atoms with Gasteiger partial charge in [0, 0.05) is 31.7 Å². The van der Waals surface area contributed by atoms with Gasteiger partial charge >= 0.3 is 6.61 Å². The molecule has 0 aromatic heterocycles. The Labute approximate surface area is 184 Å². The molecule has 1 aliphatic rings. The second kappa shape index (κ2) is 9.61. The summed E-state index contributed by atoms with van der Waals surface area (Å²) in [5.41, 5.74) is 0.180. The van der Waals surface area contributed by atoms with Gasteiger partial charge < -0.3 is 14.4 Å². The predicted molar refractivity (Wildman–Crippen MR) is 111 cm³/mol. The van der Waals surface area contributed by atoms with E-state index in [0.717, 1.165) is 0 Å². The highest BCUT2D eigenvalue weighted by Crippen LogP contribution is 2.33. The number of para-hydroxylation sites is 1. The average molecular weight is 468 g/mol. The van der Waals surface area contributed by atoms with Crippen LogP contribution in [0.15, 0.2) is 47.4 Å². The van der Waals surface area contributed by atoms with Crippen molar-refractivity contribution in [3.63, 3.8) is 0 Å². The quantitative estimate of drug-likeness (QED) is 0.580. The van der Waals surface area contributed by atoms with Gasteiger partial charge in [0.05, 0.1) is 17.6 Å². The molecule has 1 fully saturated rings. The van der Waals surface area contributed by atoms with E-state index in [2.05, 4.69) is 4.74 Å². The van der Waals surface area contributed by atoms with Crippen LogP contribution >= 0.6 is 0 Å². The smallest absolute Gasteiger partial charge is 0.387 e. The molecule has 0 N–H and O–H groups in total. The Morgan fingerprint density at radius 1 is 1.03 bits per heavy atom. The number of nitrogens with zero attached hydrogens (tertiary/aromatic N) is 2. The van der Waals surface area contributed by atoms with E-state index in [9.17, 15) is 26.8 Å². The first-order valence-corrected chi connectivity index (χ1v) is 11.1. The van der Waals surface area contributed by atoms with Crippen LogP contribution in [0.2, 0.25) is 0 Å². The molecule has 0 spiro atoms. The van der Waals surface area contributed by atoms with Gasteiger partial charge in [-0.2, -0.15) is 13.1 Å². The fourth-order valence-electron chi connectivity index (χ4n) is 3.38. The molecule has 1 aliphatic heterocycles. The van der Waals surface area contributed by atoms with Crippen molar-refractivity contribution in [2.45, 2.75) is 18.4 Å². The maximum atomic E-state index is 13.0. The zero-order chi connectivity index (χ0) is 23.5. The van der Waals surface area contributed by atoms with Gasteiger partial charge in [0.25, 0.3) is 5.91 Å². The van der Waals surface area contributed by atoms with Gasteiger partial charge in [0.2, 0.25) is 10.0 Å². The van der Waals surface area contributed by atoms with Crippen molar-refractivity contribution >= 4 is 21.7 Å². The van der Waals surface area contributed by atoms with Crippen molar-refractivity contribution in [3.8, 4) is 11.5 Å². The van der Waals surface area contributed by atoms with Crippen LogP contribution in [0.1, 0.15) is 27.6 Å². The summed E-state index contributed by atoms with van der Waals surface area (Å²) in [5.74, 6) is -1.21. The van der Waals surface area contributed by atoms with Crippen LogP contribution in [0, 0.1) is 0 Å². The van der Waals surface area contributed by atoms with Crippen molar-refractivity contribution in [3.05, 3.63) is 53.6 Å². The summed E-state index contributed by atoms with van der Waals surface area (Å²) >= 11 is 0. The molecular formula is C21H22F2N2O6S. The lowest BCUT2D eigenvalue weighted by molar-refractivity contribution is -0.0516. The summed E-state index contributed by atoms with van der Waals surface area (Å²) in [5, 5.41) is 0. The zero-order valence-corrected chi connectivity index (χ0v) is 18.3. The molecule has 0 unspecified atom stereocenters. The molecule has 2 aromatic rings. The molecule has 1 heterocycles. The first kappa shape index (κ1) is 23.6. The third-order valence-electron chi connectivity index (χ3n) is 5.04. The minimum absolute atomic E-state index is 0.00732. The summed E-state index contributed by atoms with van der Waals surface area (Å²) in [6.45, 7) is -1.68. The third kappa shape index (κ3) is 4.89. The molecule has 32 heavy (non-hydrogen) atoms. The maximum Gasteiger partial charge on any atom is 0.387 e. The van der Waals surface area contributed by atoms with E-state index in [0.29, 0.717) is 0 Å². The summed E-state index contributed by atoms with van der Waals surface area (Å²) in [7, 11) is -2.60. The lowest BCUT2D eigenvalue weighted by atomic mass is 10.1. The third-order valence-corrected chi connectivity index (χ3v) is 6.93. The number of halogens is 2. The Hall–Kier alpha value is -3.05. The molecule has 2 aromatic carbocycles. The van der Waals surface area contributed by atoms with E-state index in [-0.39, 0.29) is 59.5 Å². The molecule has 0 aliphatic carbocycles. The topological polar surface area (TPSA) is 93.2 Å². The number of piperazine rings is 1. The van der Waals surface area contributed by atoms with Crippen LogP contribution < -0.4 is 9.47 Å². The number of alkyl halides is 2. The summed E-state index contributed by atoms with van der Waals surface area (Å²) in [6, 6.07) is 9.98. The van der Waals surface area contributed by atoms with Gasteiger partial charge in [-0.1, -0.05) is 18.2 Å². The van der Waals surface area contributed by atoms with Gasteiger partial charge in [-0.05, 0) is 31.2 Å². The van der Waals surface area contributed by atoms with E-state index in [1.807, 2.05) is 0 Å². The van der Waals surface area contributed by atoms with E-state index in [4.69, 9.17) is 4.74 Å². The van der Waals surface area contributed by atoms with E-state index in [1.54, 1.807) is 0 Å². The van der Waals surface area contributed by atoms with Crippen molar-refractivity contribution < 1.29 is 36.3 Å². The molecule has 1 saturated heterocycles. The highest BCUT2D eigenvalue weighted by Gasteiger charge is 2.32. The van der Waals surface area contributed by atoms with Crippen molar-refractivity contribution in [1.29, 1.82) is 0 Å². The van der Waals surface area contributed by atoms with Crippen LogP contribution in [0.25, 0.3) is 0 Å². The van der Waals surface area contributed by atoms with Gasteiger partial charge in [0.15, 0.2) is 17.3 Å². The van der Waals surface area contributed by atoms with Crippen molar-refractivity contribution in [2.24, 2.45) is 0 Å². The molecule has 0 radical (unpaired) electrons. The molecule has 3 rings (SSSR count). The number of sulfonamides is 1. The number of rotatable bonds is 7. The number of benzene rings is 2. The van der Waals surface area contributed by atoms with E-state index < -0.39 is 22.5 Å². The number of hydrogen-bond acceptors (Lipinski definition) is 6. The Morgan fingerprint density at radius 3 is 2.28 bits per heavy atom. The zero-order valence-electron chi connectivity index (χ0n) is 17.5. The van der Waals surface area contributed by atoms with Crippen molar-refractivity contribution in [1.82, 2.24) is 9.21 Å². The van der Waals surface area contributed by atoms with Crippen molar-refractivity contribution in [2.75, 3.05) is 33.3 Å². The van der Waals surface area contributed by atoms with Crippen LogP contribution in [-0.4, -0.2) is 69.2 Å². The van der Waals surface area contributed by atoms with Crippen LogP contribution in [0.4, 0.5) is 8.78 Å². The molecular weight excluding hydrogens is 446 g/mol. The van der Waals surface area contributed by atoms with Crippen LogP contribution in [0.3, 0.4) is 0 Å². The molecule has 8 nitrogen and oxygen atoms in total. The second-order valence-corrected chi connectivity index (χ2v) is 8.93. The van der Waals surface area contributed by atoms with Gasteiger partial charge in [0.1, 0.15) is 0 Å². The lowest BCUT2D eigenvalue weighted by Gasteiger charge is -2.34. The summed E-state index contributed by atoms with van der Waals surface area (Å²) in [6.07, 6.45) is 0. The molecule has 1 amide bonds. The molecule has 0 bridgehead atoms. The Bertz CT molecular complexity index is 1120. The number of hydrogen-bond donors (Lipinski definition) is 0. The minimum Gasteiger partial charge on any atom is -0.493 e. The number of Topliss-reactive ketones (excluding diaryl/α,β-unsaturated/α-hetero) is 1. The first-order valence-electron chi connectivity index (χ1n) is 9.67. The van der Waals surface area contributed by atoms with Gasteiger partial charge in [-0.15, -0.1) is 0 Å². The average Bonchev–Trinajstić information content (AvgIpc) is 2.78.